The summed E-state index contributed by atoms with van der Waals surface area (Å²) >= 11 is 42.5. The number of carbonyl (C=O) groups is 2. The van der Waals surface area contributed by atoms with Gasteiger partial charge in [0.25, 0.3) is 28.7 Å². The average Bonchev–Trinajstić information content (AvgIpc) is 1.59. The van der Waals surface area contributed by atoms with Crippen LogP contribution in [0.2, 0.25) is 35.2 Å². The van der Waals surface area contributed by atoms with Crippen LogP contribution >= 0.6 is 93.0 Å². The fourth-order valence-corrected chi connectivity index (χ4v) is 12.1. The lowest BCUT2D eigenvalue weighted by Crippen LogP contribution is -2.30. The van der Waals surface area contributed by atoms with Gasteiger partial charge in [-0.15, -0.1) is 9.98 Å². The van der Waals surface area contributed by atoms with Gasteiger partial charge in [0, 0.05) is 42.0 Å². The summed E-state index contributed by atoms with van der Waals surface area (Å²) in [7, 11) is 0. The zero-order chi connectivity index (χ0) is 84.8. The summed E-state index contributed by atoms with van der Waals surface area (Å²) in [5, 5.41) is 97.1. The summed E-state index contributed by atoms with van der Waals surface area (Å²) in [5.74, 6) is -2.45. The van der Waals surface area contributed by atoms with Crippen LogP contribution in [0.25, 0.3) is 35.4 Å². The third-order valence-corrected chi connectivity index (χ3v) is 18.0. The second-order valence-corrected chi connectivity index (χ2v) is 26.4. The Hall–Kier alpha value is -14.7. The number of nitrogens with one attached hydrogen (secondary N) is 1. The van der Waals surface area contributed by atoms with Gasteiger partial charge in [-0.1, -0.05) is 167 Å². The fraction of sp³-hybridized carbons (Fsp3) is 0.0641. The average molecular weight is 1680 g/mol. The summed E-state index contributed by atoms with van der Waals surface area (Å²) in [6, 6.07) is 41.3. The van der Waals surface area contributed by atoms with Crippen molar-refractivity contribution in [2.75, 3.05) is 5.32 Å². The van der Waals surface area contributed by atoms with Crippen molar-refractivity contribution in [3.63, 3.8) is 0 Å². The number of aliphatic imine (C=N–C) groups is 7. The molecule has 0 saturated carbocycles. The Bertz CT molecular complexity index is 6240. The van der Waals surface area contributed by atoms with Gasteiger partial charge in [0.15, 0.2) is 51.9 Å². The Kier molecular flexibility index (Phi) is 30.3. The van der Waals surface area contributed by atoms with Gasteiger partial charge in [-0.3, -0.25) is 19.4 Å². The number of thioether (sulfide) groups is 1. The van der Waals surface area contributed by atoms with E-state index >= 15 is 0 Å². The number of fused-ring (bicyclic) bond motifs is 1. The van der Waals surface area contributed by atoms with E-state index in [1.54, 1.807) is 58.0 Å². The number of nitriles is 5. The highest BCUT2D eigenvalue weighted by molar-refractivity contribution is 8.19. The van der Waals surface area contributed by atoms with Crippen LogP contribution in [0.3, 0.4) is 0 Å². The molecule has 0 unspecified atom stereocenters. The first kappa shape index (κ1) is 87.5. The molecule has 7 aromatic carbocycles. The minimum absolute atomic E-state index is 0.0244. The fourth-order valence-electron chi connectivity index (χ4n) is 9.53. The van der Waals surface area contributed by atoms with Gasteiger partial charge < -0.3 is 46.3 Å². The molecular formula is C78H44Cl7N21O8S. The quantitative estimate of drug-likeness (QED) is 0.0220. The molecule has 3 aliphatic heterocycles. The van der Waals surface area contributed by atoms with E-state index in [1.165, 1.54) is 72.2 Å². The SMILES string of the molecule is Cc1nc2n(c(=O)c1C)C(=Nc1cc(Cl)c(O)c(Cl)c1)C(c1ccccc1)=C2C#N.[C-]#[N+]/C(C#N)=C1\N=C(C)C(=Nc2cc(Cl)c(O)c(Cl)c2)S1.[C-]#[N+]C(/C=C(/C#N)[N+]#[C-])=Nc1cc(Cl)c(O)c(NC(C)=O)c1.[C-]#[N+]C(C#N)=Nc1cc(C)c(O)c(C(N)=O)c1.[C-]#[N+]C1=C(C#N)C(=Nc2cc(Cl)c(O)c(Cl)c2)N=C1c1ccccc1. The lowest BCUT2D eigenvalue weighted by atomic mass is 10.0. The highest BCUT2D eigenvalue weighted by atomic mass is 35.5. The molecule has 2 amide bonds. The van der Waals surface area contributed by atoms with E-state index in [4.69, 9.17) is 136 Å². The number of aromatic nitrogens is 2. The number of primary amides is 1. The Balaban J connectivity index is 0.000000202. The molecule has 0 radical (unpaired) electrons. The number of allylic oxidation sites excluding steroid dienone is 5. The molecule has 29 nitrogen and oxygen atoms in total. The first-order chi connectivity index (χ1) is 54.7. The maximum atomic E-state index is 13.1. The summed E-state index contributed by atoms with van der Waals surface area (Å²) in [5.41, 5.74) is 10.6. The number of amidine groups is 3. The third kappa shape index (κ3) is 21.5. The number of nitrogens with zero attached hydrogens (tertiary/aromatic N) is 19. The first-order valence-electron chi connectivity index (χ1n) is 31.5. The van der Waals surface area contributed by atoms with Crippen molar-refractivity contribution in [2.24, 2.45) is 40.7 Å². The van der Waals surface area contributed by atoms with Gasteiger partial charge in [-0.25, -0.2) is 59.8 Å². The second-order valence-electron chi connectivity index (χ2n) is 22.5. The molecule has 0 spiro atoms. The summed E-state index contributed by atoms with van der Waals surface area (Å²) in [6.45, 7) is 42.7. The first-order valence-corrected chi connectivity index (χ1v) is 35.0. The van der Waals surface area contributed by atoms with Gasteiger partial charge in [-0.2, -0.15) is 10.5 Å². The zero-order valence-corrected chi connectivity index (χ0v) is 65.3. The molecule has 8 aromatic rings. The molecule has 0 fully saturated rings. The van der Waals surface area contributed by atoms with Crippen LogP contribution < -0.4 is 16.6 Å². The molecule has 115 heavy (non-hydrogen) atoms. The third-order valence-electron chi connectivity index (χ3n) is 14.9. The molecule has 0 saturated heterocycles. The van der Waals surface area contributed by atoms with Crippen molar-refractivity contribution < 1.29 is 35.1 Å². The number of carbonyl (C=O) groups excluding carboxylic acids is 2. The predicted octanol–water partition coefficient (Wildman–Crippen LogP) is 18.9. The summed E-state index contributed by atoms with van der Waals surface area (Å²) in [4.78, 5) is 84.5. The minimum Gasteiger partial charge on any atom is -0.507 e. The smallest absolute Gasteiger partial charge is 0.349 e. The number of amides is 2. The zero-order valence-electron chi connectivity index (χ0n) is 59.2. The Morgan fingerprint density at radius 1 is 0.591 bits per heavy atom. The van der Waals surface area contributed by atoms with E-state index in [1.807, 2.05) is 54.6 Å². The number of hydrogen-bond donors (Lipinski definition) is 7. The van der Waals surface area contributed by atoms with Crippen LogP contribution in [-0.4, -0.2) is 86.7 Å². The molecule has 0 bridgehead atoms. The molecule has 564 valence electrons. The van der Waals surface area contributed by atoms with Crippen LogP contribution in [0.15, 0.2) is 195 Å². The van der Waals surface area contributed by atoms with E-state index in [9.17, 15) is 50.4 Å². The van der Waals surface area contributed by atoms with E-state index in [0.717, 1.165) is 17.8 Å². The number of phenolic OH excluding ortho intramolecular Hbond substituents is 4. The van der Waals surface area contributed by atoms with Crippen molar-refractivity contribution in [1.82, 2.24) is 9.55 Å². The van der Waals surface area contributed by atoms with Gasteiger partial charge in [0.1, 0.15) is 39.1 Å². The standard InChI is InChI=1S/C22H14Cl2N4O2.C18H8Cl2N4O.C14H8ClN5O2.C13H6Cl2N4OS.C11H8N4O2/c1-11-12(2)26-20-15(10-25)18(13-6-4-3-5-7-13)21(28(20)22(11)30)27-14-8-16(23)19(29)17(24)9-14;1-22-16-12(9-21)18(24-15(16)10-5-3-2-4-6-10)23-11-7-13(19)17(25)14(20)8-11;1-8(21)19-12-5-9(4-11(15)14(12)22)20-13(18-3)6-10(7-16)17-2;1-6-12(21-13(18-6)10(5-16)17-2)19-7-3-8(14)11(20)9(15)4-7;1-6-3-7(15-9(5-12)14-2)4-8(10(6)16)11(13)17/h3-9,29H,1-2H3;2-8,25H;4-6,22H,1H3,(H,19,21);3-4,20H,1H3;3-4,16H,1H3,(H2,13,17)/b;;10-6-,20-13?;13-10+,19-12?;. The van der Waals surface area contributed by atoms with Crippen molar-refractivity contribution in [3.8, 4) is 59.1 Å². The van der Waals surface area contributed by atoms with Crippen LogP contribution in [0.5, 0.6) is 28.7 Å². The number of aryl methyl sites for hydroxylation is 2. The molecule has 3 aliphatic rings. The molecule has 11 rings (SSSR count). The van der Waals surface area contributed by atoms with Crippen LogP contribution in [0, 0.1) is 110 Å². The van der Waals surface area contributed by atoms with E-state index < -0.39 is 11.8 Å². The van der Waals surface area contributed by atoms with Crippen molar-refractivity contribution >= 4 is 190 Å². The molecule has 1 aromatic heterocycles. The van der Waals surface area contributed by atoms with Crippen molar-refractivity contribution in [3.05, 3.63) is 297 Å². The van der Waals surface area contributed by atoms with Crippen LogP contribution in [-0.2, 0) is 4.79 Å². The maximum absolute atomic E-state index is 13.1. The minimum atomic E-state index is -0.802. The van der Waals surface area contributed by atoms with E-state index in [-0.39, 0.29) is 149 Å². The number of anilines is 1. The molecule has 0 atom stereocenters. The van der Waals surface area contributed by atoms with Crippen molar-refractivity contribution in [2.45, 2.75) is 34.6 Å². The molecular weight excluding hydrogens is 1640 g/mol. The number of nitrogens with two attached hydrogens (primary N) is 1. The number of hydrogen-bond acceptors (Lipinski definition) is 21. The van der Waals surface area contributed by atoms with Crippen LogP contribution in [0.4, 0.5) is 34.1 Å². The Labute approximate surface area is 692 Å². The van der Waals surface area contributed by atoms with E-state index in [2.05, 4.69) is 75.5 Å². The van der Waals surface area contributed by atoms with E-state index in [0.29, 0.717) is 72.1 Å². The summed E-state index contributed by atoms with van der Waals surface area (Å²) in [6.07, 6.45) is 1.03. The lowest BCUT2D eigenvalue weighted by Gasteiger charge is -2.11. The highest BCUT2D eigenvalue weighted by Crippen LogP contribution is 2.43. The maximum Gasteiger partial charge on any atom is 0.349 e. The normalized spacial score (nSPS) is 13.9. The summed E-state index contributed by atoms with van der Waals surface area (Å²) < 4.78 is 1.33. The Morgan fingerprint density at radius 2 is 1.10 bits per heavy atom. The molecule has 37 heteroatoms. The van der Waals surface area contributed by atoms with Gasteiger partial charge in [0.2, 0.25) is 11.6 Å². The van der Waals surface area contributed by atoms with Crippen LogP contribution in [0.1, 0.15) is 58.0 Å². The van der Waals surface area contributed by atoms with Crippen molar-refractivity contribution in [1.29, 1.82) is 26.3 Å². The largest absolute Gasteiger partial charge is 0.507 e. The van der Waals surface area contributed by atoms with Gasteiger partial charge in [-0.05, 0) is 92.9 Å². The number of phenols is 5. The number of aromatic hydroxyl groups is 5. The molecule has 8 N–H and O–H groups in total. The highest BCUT2D eigenvalue weighted by Gasteiger charge is 2.34. The predicted molar refractivity (Wildman–Crippen MR) is 442 cm³/mol. The molecule has 4 heterocycles. The lowest BCUT2D eigenvalue weighted by molar-refractivity contribution is -0.114. The van der Waals surface area contributed by atoms with Gasteiger partial charge >= 0.3 is 5.84 Å². The molecule has 0 aliphatic carbocycles. The number of rotatable bonds is 10. The topological polar surface area (TPSA) is 436 Å². The Morgan fingerprint density at radius 3 is 1.57 bits per heavy atom. The number of halogens is 7. The van der Waals surface area contributed by atoms with Gasteiger partial charge in [0.05, 0.1) is 113 Å². The second kappa shape index (κ2) is 39.8. The monoisotopic (exact) mass is 1680 g/mol. The number of benzene rings is 7.